The van der Waals surface area contributed by atoms with Crippen molar-refractivity contribution in [3.63, 3.8) is 0 Å². The van der Waals surface area contributed by atoms with E-state index in [9.17, 15) is 4.79 Å². The highest BCUT2D eigenvalue weighted by atomic mass is 79.9. The Hall–Kier alpha value is -1.62. The molecular weight excluding hydrogens is 308 g/mol. The number of hydrogen-bond donors (Lipinski definition) is 1. The Balaban J connectivity index is 2.70. The zero-order valence-electron chi connectivity index (χ0n) is 11.2. The third kappa shape index (κ3) is 5.70. The van der Waals surface area contributed by atoms with Crippen LogP contribution in [0, 0.1) is 0 Å². The summed E-state index contributed by atoms with van der Waals surface area (Å²) in [6, 6.07) is 5.60. The molecule has 0 aliphatic heterocycles. The van der Waals surface area contributed by atoms with E-state index in [0.717, 1.165) is 15.7 Å². The molecule has 0 aliphatic carbocycles. The quantitative estimate of drug-likeness (QED) is 0.844. The van der Waals surface area contributed by atoms with Gasteiger partial charge in [0, 0.05) is 16.2 Å². The van der Waals surface area contributed by atoms with E-state index in [1.807, 2.05) is 39.0 Å². The van der Waals surface area contributed by atoms with Crippen LogP contribution in [-0.4, -0.2) is 18.4 Å². The van der Waals surface area contributed by atoms with Gasteiger partial charge in [0.25, 0.3) is 0 Å². The second-order valence-electron chi connectivity index (χ2n) is 4.84. The second-order valence-corrected chi connectivity index (χ2v) is 5.76. The van der Waals surface area contributed by atoms with Crippen molar-refractivity contribution in [1.82, 2.24) is 5.32 Å². The van der Waals surface area contributed by atoms with Gasteiger partial charge >= 0.3 is 6.09 Å². The average molecular weight is 325 g/mol. The van der Waals surface area contributed by atoms with E-state index < -0.39 is 11.7 Å². The summed E-state index contributed by atoms with van der Waals surface area (Å²) in [7, 11) is 0. The molecule has 4 nitrogen and oxygen atoms in total. The molecule has 0 atom stereocenters. The number of hydrogen-bond acceptors (Lipinski definition) is 3. The van der Waals surface area contributed by atoms with E-state index in [0.29, 0.717) is 0 Å². The van der Waals surface area contributed by atoms with E-state index in [1.165, 1.54) is 6.20 Å². The zero-order chi connectivity index (χ0) is 14.5. The van der Waals surface area contributed by atoms with Crippen LogP contribution in [0.15, 0.2) is 33.9 Å². The molecule has 0 radical (unpaired) electrons. The number of aliphatic imine (C=N–C) groups is 1. The summed E-state index contributed by atoms with van der Waals surface area (Å²) in [5, 5.41) is 2.54. The third-order valence-corrected chi connectivity index (χ3v) is 2.52. The smallest absolute Gasteiger partial charge is 0.411 e. The number of alkyl carbamates (subject to hydrolysis) is 1. The first kappa shape index (κ1) is 15.4. The molecule has 1 N–H and O–H groups in total. The molecule has 0 aliphatic rings. The summed E-state index contributed by atoms with van der Waals surface area (Å²) in [5.41, 5.74) is 1.08. The van der Waals surface area contributed by atoms with Crippen molar-refractivity contribution in [2.75, 3.05) is 0 Å². The molecule has 0 heterocycles. The minimum absolute atomic E-state index is 0.494. The minimum Gasteiger partial charge on any atom is -0.444 e. The number of halogens is 1. The summed E-state index contributed by atoms with van der Waals surface area (Å²) in [5.74, 6) is 0. The predicted octanol–water partition coefficient (Wildman–Crippen LogP) is 4.28. The van der Waals surface area contributed by atoms with E-state index in [4.69, 9.17) is 4.74 Å². The summed E-state index contributed by atoms with van der Waals surface area (Å²) >= 11 is 3.38. The molecule has 0 saturated carbocycles. The number of amides is 1. The van der Waals surface area contributed by atoms with E-state index >= 15 is 0 Å². The normalized spacial score (nSPS) is 11.4. The van der Waals surface area contributed by atoms with E-state index in [1.54, 1.807) is 6.08 Å². The van der Waals surface area contributed by atoms with Gasteiger partial charge in [-0.2, -0.15) is 0 Å². The van der Waals surface area contributed by atoms with Gasteiger partial charge in [-0.1, -0.05) is 15.9 Å². The molecular formula is C14H17BrN2O2. The number of benzene rings is 1. The zero-order valence-corrected chi connectivity index (χ0v) is 12.8. The van der Waals surface area contributed by atoms with Crippen LogP contribution in [0.25, 0.3) is 6.08 Å². The Labute approximate surface area is 121 Å². The molecule has 1 aromatic carbocycles. The Bertz CT molecular complexity index is 505. The van der Waals surface area contributed by atoms with Gasteiger partial charge in [-0.15, -0.1) is 0 Å². The van der Waals surface area contributed by atoms with Gasteiger partial charge in [-0.3, -0.25) is 10.3 Å². The number of ether oxygens (including phenoxy) is 1. The predicted molar refractivity (Wildman–Crippen MR) is 81.8 cm³/mol. The Morgan fingerprint density at radius 2 is 2.16 bits per heavy atom. The first-order chi connectivity index (χ1) is 8.81. The summed E-state index contributed by atoms with van der Waals surface area (Å²) < 4.78 is 6.04. The SMILES string of the molecule is C=Nc1ccc(Br)cc1/C=C/NC(=O)OC(C)(C)C. The fourth-order valence-corrected chi connectivity index (χ4v) is 1.69. The van der Waals surface area contributed by atoms with Gasteiger partial charge in [-0.25, -0.2) is 4.79 Å². The summed E-state index contributed by atoms with van der Waals surface area (Å²) in [6.07, 6.45) is 2.76. The molecule has 1 aromatic rings. The Morgan fingerprint density at radius 1 is 1.47 bits per heavy atom. The third-order valence-electron chi connectivity index (χ3n) is 2.02. The van der Waals surface area contributed by atoms with Crippen LogP contribution in [0.5, 0.6) is 0 Å². The van der Waals surface area contributed by atoms with Crippen LogP contribution in [0.1, 0.15) is 26.3 Å². The highest BCUT2D eigenvalue weighted by Crippen LogP contribution is 2.24. The fraction of sp³-hybridized carbons (Fsp3) is 0.286. The summed E-state index contributed by atoms with van der Waals surface area (Å²) in [4.78, 5) is 15.3. The highest BCUT2D eigenvalue weighted by Gasteiger charge is 2.14. The monoisotopic (exact) mass is 324 g/mol. The first-order valence-corrected chi connectivity index (χ1v) is 6.53. The lowest BCUT2D eigenvalue weighted by Crippen LogP contribution is -2.29. The molecule has 5 heteroatoms. The van der Waals surface area contributed by atoms with Crippen molar-refractivity contribution in [2.45, 2.75) is 26.4 Å². The fourth-order valence-electron chi connectivity index (χ4n) is 1.31. The molecule has 0 unspecified atom stereocenters. The number of rotatable bonds is 3. The van der Waals surface area contributed by atoms with Gasteiger partial charge in [0.05, 0.1) is 5.69 Å². The Kier molecular flexibility index (Phi) is 5.30. The minimum atomic E-state index is -0.512. The molecule has 0 fully saturated rings. The molecule has 0 saturated heterocycles. The van der Waals surface area contributed by atoms with Crippen LogP contribution in [0.2, 0.25) is 0 Å². The molecule has 102 valence electrons. The standard InChI is InChI=1S/C14H17BrN2O2/c1-14(2,3)19-13(18)17-8-7-10-9-11(15)5-6-12(10)16-4/h5-9H,4H2,1-3H3,(H,17,18)/b8-7+. The Morgan fingerprint density at radius 3 is 2.74 bits per heavy atom. The molecule has 0 bridgehead atoms. The van der Waals surface area contributed by atoms with Crippen molar-refractivity contribution in [1.29, 1.82) is 0 Å². The highest BCUT2D eigenvalue weighted by molar-refractivity contribution is 9.10. The van der Waals surface area contributed by atoms with Gasteiger partial charge in [0.2, 0.25) is 0 Å². The van der Waals surface area contributed by atoms with Crippen molar-refractivity contribution in [3.8, 4) is 0 Å². The van der Waals surface area contributed by atoms with E-state index in [-0.39, 0.29) is 0 Å². The number of nitrogens with one attached hydrogen (secondary N) is 1. The second kappa shape index (κ2) is 6.52. The lowest BCUT2D eigenvalue weighted by atomic mass is 10.2. The van der Waals surface area contributed by atoms with Gasteiger partial charge < -0.3 is 4.74 Å². The van der Waals surface area contributed by atoms with Crippen molar-refractivity contribution >= 4 is 40.5 Å². The number of carbonyl (C=O) groups excluding carboxylic acids is 1. The molecule has 0 spiro atoms. The van der Waals surface area contributed by atoms with Crippen molar-refractivity contribution < 1.29 is 9.53 Å². The topological polar surface area (TPSA) is 50.7 Å². The van der Waals surface area contributed by atoms with Gasteiger partial charge in [0.1, 0.15) is 5.60 Å². The van der Waals surface area contributed by atoms with Gasteiger partial charge in [0.15, 0.2) is 0 Å². The van der Waals surface area contributed by atoms with Crippen molar-refractivity contribution in [2.24, 2.45) is 4.99 Å². The van der Waals surface area contributed by atoms with Crippen LogP contribution >= 0.6 is 15.9 Å². The van der Waals surface area contributed by atoms with Crippen LogP contribution in [0.3, 0.4) is 0 Å². The van der Waals surface area contributed by atoms with Crippen LogP contribution < -0.4 is 5.32 Å². The maximum atomic E-state index is 11.4. The lowest BCUT2D eigenvalue weighted by molar-refractivity contribution is 0.0553. The molecule has 1 rings (SSSR count). The first-order valence-electron chi connectivity index (χ1n) is 5.74. The molecule has 19 heavy (non-hydrogen) atoms. The van der Waals surface area contributed by atoms with Crippen molar-refractivity contribution in [3.05, 3.63) is 34.4 Å². The maximum absolute atomic E-state index is 11.4. The largest absolute Gasteiger partial charge is 0.444 e. The molecule has 1 amide bonds. The van der Waals surface area contributed by atoms with Gasteiger partial charge in [-0.05, 0) is 51.8 Å². The van der Waals surface area contributed by atoms with E-state index in [2.05, 4.69) is 33.0 Å². The van der Waals surface area contributed by atoms with Crippen LogP contribution in [0.4, 0.5) is 10.5 Å². The average Bonchev–Trinajstić information content (AvgIpc) is 2.27. The van der Waals surface area contributed by atoms with Crippen LogP contribution in [-0.2, 0) is 4.74 Å². The lowest BCUT2D eigenvalue weighted by Gasteiger charge is -2.18. The molecule has 0 aromatic heterocycles. The number of carbonyl (C=O) groups is 1. The maximum Gasteiger partial charge on any atom is 0.411 e. The summed E-state index contributed by atoms with van der Waals surface area (Å²) in [6.45, 7) is 8.93. The number of nitrogens with zero attached hydrogens (tertiary/aromatic N) is 1.